The second kappa shape index (κ2) is 12.6. The third kappa shape index (κ3) is 7.67. The van der Waals surface area contributed by atoms with Crippen LogP contribution in [0.2, 0.25) is 0 Å². The Balaban J connectivity index is 1.91. The number of amides is 1. The van der Waals surface area contributed by atoms with E-state index < -0.39 is 12.4 Å². The van der Waals surface area contributed by atoms with E-state index in [4.69, 9.17) is 23.7 Å². The highest BCUT2D eigenvalue weighted by Gasteiger charge is 2.31. The summed E-state index contributed by atoms with van der Waals surface area (Å²) < 4.78 is 27.9. The average molecular weight is 452 g/mol. The molecule has 0 N–H and O–H groups in total. The lowest BCUT2D eigenvalue weighted by Crippen LogP contribution is -2.49. The number of hydrogen-bond donors (Lipinski definition) is 0. The summed E-state index contributed by atoms with van der Waals surface area (Å²) in [7, 11) is 1.63. The van der Waals surface area contributed by atoms with Crippen molar-refractivity contribution in [2.75, 3.05) is 33.4 Å². The number of carbonyl (C=O) groups excluding carboxylic acids is 2. The highest BCUT2D eigenvalue weighted by atomic mass is 16.7. The number of nitrogens with zero attached hydrogens (tertiary/aromatic N) is 1. The quantitative estimate of drug-likeness (QED) is 0.394. The predicted molar refractivity (Wildman–Crippen MR) is 119 cm³/mol. The van der Waals surface area contributed by atoms with Gasteiger partial charge in [0, 0.05) is 25.1 Å². The van der Waals surface area contributed by atoms with Crippen molar-refractivity contribution >= 4 is 12.1 Å². The molecule has 1 aromatic rings. The second-order valence-electron chi connectivity index (χ2n) is 8.76. The first-order valence-corrected chi connectivity index (χ1v) is 11.2. The third-order valence-corrected chi connectivity index (χ3v) is 5.46. The highest BCUT2D eigenvalue weighted by molar-refractivity contribution is 5.73. The number of ether oxygens (including phenoxy) is 5. The summed E-state index contributed by atoms with van der Waals surface area (Å²) in [5.74, 6) is 0.0544. The van der Waals surface area contributed by atoms with Crippen molar-refractivity contribution in [2.45, 2.75) is 53.6 Å². The van der Waals surface area contributed by atoms with Crippen LogP contribution in [0.25, 0.3) is 0 Å². The van der Waals surface area contributed by atoms with Gasteiger partial charge in [0.1, 0.15) is 18.5 Å². The van der Waals surface area contributed by atoms with Gasteiger partial charge in [0.15, 0.2) is 0 Å². The molecular formula is C24H37NO7. The maximum Gasteiger partial charge on any atom is 0.413 e. The van der Waals surface area contributed by atoms with Crippen LogP contribution in [0.5, 0.6) is 5.75 Å². The van der Waals surface area contributed by atoms with Crippen LogP contribution < -0.4 is 4.74 Å². The fourth-order valence-electron chi connectivity index (χ4n) is 3.05. The van der Waals surface area contributed by atoms with Crippen LogP contribution in [0.15, 0.2) is 24.3 Å². The van der Waals surface area contributed by atoms with Gasteiger partial charge in [-0.25, -0.2) is 4.79 Å². The van der Waals surface area contributed by atoms with Crippen LogP contribution in [0, 0.1) is 17.8 Å². The molecule has 0 bridgehead atoms. The van der Waals surface area contributed by atoms with Crippen molar-refractivity contribution < 1.29 is 33.3 Å². The number of para-hydroxylation sites is 1. The van der Waals surface area contributed by atoms with Gasteiger partial charge < -0.3 is 28.6 Å². The molecule has 32 heavy (non-hydrogen) atoms. The van der Waals surface area contributed by atoms with Crippen molar-refractivity contribution in [1.82, 2.24) is 4.90 Å². The number of carbonyl (C=O) groups is 2. The molecule has 1 aliphatic rings. The van der Waals surface area contributed by atoms with Gasteiger partial charge in [0.25, 0.3) is 6.29 Å². The summed E-state index contributed by atoms with van der Waals surface area (Å²) >= 11 is 0. The van der Waals surface area contributed by atoms with Crippen LogP contribution in [0.3, 0.4) is 0 Å². The van der Waals surface area contributed by atoms with Gasteiger partial charge in [-0.15, -0.1) is 0 Å². The Morgan fingerprint density at radius 3 is 2.47 bits per heavy atom. The van der Waals surface area contributed by atoms with Gasteiger partial charge in [-0.2, -0.15) is 0 Å². The molecule has 0 saturated carbocycles. The van der Waals surface area contributed by atoms with Crippen LogP contribution in [0.1, 0.15) is 40.2 Å². The molecule has 8 heteroatoms. The van der Waals surface area contributed by atoms with E-state index in [2.05, 4.69) is 0 Å². The molecule has 0 aromatic heterocycles. The van der Waals surface area contributed by atoms with E-state index >= 15 is 0 Å². The van der Waals surface area contributed by atoms with Gasteiger partial charge in [0.05, 0.1) is 25.7 Å². The zero-order valence-electron chi connectivity index (χ0n) is 20.0. The lowest BCUT2D eigenvalue weighted by atomic mass is 9.98. The lowest BCUT2D eigenvalue weighted by molar-refractivity contribution is -0.183. The Labute approximate surface area is 191 Å². The fraction of sp³-hybridized carbons (Fsp3) is 0.667. The summed E-state index contributed by atoms with van der Waals surface area (Å²) in [6, 6.07) is 7.64. The maximum atomic E-state index is 12.8. The molecule has 0 radical (unpaired) electrons. The van der Waals surface area contributed by atoms with E-state index in [0.29, 0.717) is 32.9 Å². The van der Waals surface area contributed by atoms with Crippen molar-refractivity contribution in [1.29, 1.82) is 0 Å². The summed E-state index contributed by atoms with van der Waals surface area (Å²) in [6.45, 7) is 11.2. The van der Waals surface area contributed by atoms with Gasteiger partial charge in [-0.3, -0.25) is 4.79 Å². The number of benzene rings is 1. The van der Waals surface area contributed by atoms with Gasteiger partial charge in [0.2, 0.25) is 0 Å². The Hall–Kier alpha value is -2.32. The van der Waals surface area contributed by atoms with Crippen molar-refractivity contribution in [3.8, 4) is 5.75 Å². The topological polar surface area (TPSA) is 83.5 Å². The standard InChI is InChI=1S/C24H37NO7/c1-16(2)18(5)22(26)31-23(17(3)4)32-24(27)25-11-12-29-20(13-25)15-30-21-10-8-7-9-19(21)14-28-6/h7-10,16-18,20,23H,11-15H2,1-6H3/t18-,20?,23?/m1/s1. The normalized spacial score (nSPS) is 18.4. The Bertz CT molecular complexity index is 737. The average Bonchev–Trinajstić information content (AvgIpc) is 2.77. The predicted octanol–water partition coefficient (Wildman–Crippen LogP) is 3.87. The second-order valence-corrected chi connectivity index (χ2v) is 8.76. The first-order valence-electron chi connectivity index (χ1n) is 11.2. The SMILES string of the molecule is COCc1ccccc1OCC1CN(C(=O)OC(OC(=O)[C@H](C)C(C)C)C(C)C)CCO1. The molecular weight excluding hydrogens is 414 g/mol. The monoisotopic (exact) mass is 451 g/mol. The summed E-state index contributed by atoms with van der Waals surface area (Å²) in [6.07, 6.45) is -1.76. The van der Waals surface area contributed by atoms with Gasteiger partial charge in [-0.05, 0) is 12.0 Å². The number of hydrogen-bond acceptors (Lipinski definition) is 7. The van der Waals surface area contributed by atoms with Crippen LogP contribution in [-0.4, -0.2) is 62.8 Å². The Kier molecular flexibility index (Phi) is 10.3. The Morgan fingerprint density at radius 1 is 1.09 bits per heavy atom. The molecule has 0 aliphatic carbocycles. The number of rotatable bonds is 10. The van der Waals surface area contributed by atoms with E-state index in [-0.39, 0.29) is 29.8 Å². The molecule has 2 rings (SSSR count). The first kappa shape index (κ1) is 25.9. The highest BCUT2D eigenvalue weighted by Crippen LogP contribution is 2.21. The van der Waals surface area contributed by atoms with E-state index in [1.165, 1.54) is 0 Å². The minimum absolute atomic E-state index is 0.139. The molecule has 1 aliphatic heterocycles. The molecule has 0 spiro atoms. The number of esters is 1. The van der Waals surface area contributed by atoms with Gasteiger partial charge >= 0.3 is 12.1 Å². The maximum absolute atomic E-state index is 12.8. The lowest BCUT2D eigenvalue weighted by Gasteiger charge is -2.33. The van der Waals surface area contributed by atoms with Gasteiger partial charge in [-0.1, -0.05) is 52.8 Å². The summed E-state index contributed by atoms with van der Waals surface area (Å²) in [4.78, 5) is 26.7. The number of morpholine rings is 1. The minimum atomic E-state index is -0.935. The van der Waals surface area contributed by atoms with E-state index in [1.54, 1.807) is 12.0 Å². The smallest absolute Gasteiger partial charge is 0.413 e. The van der Waals surface area contributed by atoms with E-state index in [0.717, 1.165) is 11.3 Å². The molecule has 3 atom stereocenters. The first-order chi connectivity index (χ1) is 15.2. The van der Waals surface area contributed by atoms with Crippen LogP contribution in [0.4, 0.5) is 4.79 Å². The van der Waals surface area contributed by atoms with E-state index in [1.807, 2.05) is 58.9 Å². The van der Waals surface area contributed by atoms with Crippen molar-refractivity contribution in [2.24, 2.45) is 17.8 Å². The molecule has 1 saturated heterocycles. The van der Waals surface area contributed by atoms with Crippen LogP contribution >= 0.6 is 0 Å². The fourth-order valence-corrected chi connectivity index (χ4v) is 3.05. The molecule has 1 aromatic carbocycles. The molecule has 8 nitrogen and oxygen atoms in total. The minimum Gasteiger partial charge on any atom is -0.490 e. The summed E-state index contributed by atoms with van der Waals surface area (Å²) in [5.41, 5.74) is 0.944. The van der Waals surface area contributed by atoms with E-state index in [9.17, 15) is 9.59 Å². The summed E-state index contributed by atoms with van der Waals surface area (Å²) in [5, 5.41) is 0. The number of methoxy groups -OCH3 is 1. The zero-order valence-corrected chi connectivity index (χ0v) is 20.0. The van der Waals surface area contributed by atoms with Crippen molar-refractivity contribution in [3.05, 3.63) is 29.8 Å². The molecule has 2 unspecified atom stereocenters. The molecule has 1 heterocycles. The molecule has 1 fully saturated rings. The van der Waals surface area contributed by atoms with Crippen LogP contribution in [-0.2, 0) is 30.3 Å². The molecule has 180 valence electrons. The van der Waals surface area contributed by atoms with Crippen molar-refractivity contribution in [3.63, 3.8) is 0 Å². The molecule has 1 amide bonds. The zero-order chi connectivity index (χ0) is 23.7. The third-order valence-electron chi connectivity index (χ3n) is 5.46. The largest absolute Gasteiger partial charge is 0.490 e. The Morgan fingerprint density at radius 2 is 1.81 bits per heavy atom.